The number of carbonyl (C=O) groups excluding carboxylic acids is 2. The summed E-state index contributed by atoms with van der Waals surface area (Å²) in [6.07, 6.45) is 2.52. The molecule has 5 heteroatoms. The first-order valence-electron chi connectivity index (χ1n) is 6.31. The topological polar surface area (TPSA) is 83.8 Å². The zero-order valence-corrected chi connectivity index (χ0v) is 11.1. The minimum absolute atomic E-state index is 0.0489. The molecule has 2 N–H and O–H groups in total. The zero-order valence-electron chi connectivity index (χ0n) is 11.1. The van der Waals surface area contributed by atoms with Crippen LogP contribution in [0.15, 0.2) is 23.8 Å². The number of Topliss-reactive ketones (excluding diaryl/α,β-unsaturated/α-hetero) is 1. The lowest BCUT2D eigenvalue weighted by atomic mass is 9.86. The Balaban J connectivity index is 2.34. The van der Waals surface area contributed by atoms with Crippen LogP contribution in [0.25, 0.3) is 0 Å². The van der Waals surface area contributed by atoms with Crippen LogP contribution in [0, 0.1) is 5.92 Å². The molecule has 0 amide bonds. The molecule has 0 aromatic rings. The Labute approximate surface area is 112 Å². The molecule has 0 saturated carbocycles. The second kappa shape index (κ2) is 7.21. The molecule has 0 aromatic heterocycles. The predicted molar refractivity (Wildman–Crippen MR) is 69.0 cm³/mol. The van der Waals surface area contributed by atoms with Gasteiger partial charge in [-0.3, -0.25) is 4.79 Å². The molecule has 0 heterocycles. The number of aliphatic hydroxyl groups is 2. The summed E-state index contributed by atoms with van der Waals surface area (Å²) < 4.78 is 4.75. The normalized spacial score (nSPS) is 20.7. The fourth-order valence-electron chi connectivity index (χ4n) is 1.93. The van der Waals surface area contributed by atoms with E-state index in [9.17, 15) is 14.7 Å². The van der Waals surface area contributed by atoms with E-state index in [1.807, 2.05) is 0 Å². The number of allylic oxidation sites excluding steroid dienone is 1. The van der Waals surface area contributed by atoms with Crippen molar-refractivity contribution in [2.45, 2.75) is 38.9 Å². The van der Waals surface area contributed by atoms with Crippen LogP contribution < -0.4 is 0 Å². The number of aliphatic hydroxyl groups excluding tert-OH is 2. The van der Waals surface area contributed by atoms with Gasteiger partial charge in [0.05, 0.1) is 6.61 Å². The van der Waals surface area contributed by atoms with E-state index in [2.05, 4.69) is 6.58 Å². The van der Waals surface area contributed by atoms with Gasteiger partial charge in [0.1, 0.15) is 0 Å². The van der Waals surface area contributed by atoms with Crippen LogP contribution in [-0.4, -0.2) is 34.9 Å². The highest BCUT2D eigenvalue weighted by Crippen LogP contribution is 2.25. The number of ketones is 1. The Morgan fingerprint density at radius 2 is 2.32 bits per heavy atom. The largest absolute Gasteiger partial charge is 0.433 e. The number of hydrogen-bond donors (Lipinski definition) is 2. The van der Waals surface area contributed by atoms with Crippen molar-refractivity contribution in [1.82, 2.24) is 0 Å². The fourth-order valence-corrected chi connectivity index (χ4v) is 1.93. The molecule has 0 aliphatic heterocycles. The van der Waals surface area contributed by atoms with Crippen molar-refractivity contribution in [3.8, 4) is 0 Å². The van der Waals surface area contributed by atoms with Gasteiger partial charge in [-0.2, -0.15) is 0 Å². The highest BCUT2D eigenvalue weighted by molar-refractivity contribution is 5.96. The van der Waals surface area contributed by atoms with E-state index >= 15 is 0 Å². The monoisotopic (exact) mass is 268 g/mol. The molecule has 5 nitrogen and oxygen atoms in total. The maximum absolute atomic E-state index is 11.6. The van der Waals surface area contributed by atoms with Crippen LogP contribution >= 0.6 is 0 Å². The number of carbonyl (C=O) groups is 2. The van der Waals surface area contributed by atoms with E-state index in [4.69, 9.17) is 9.84 Å². The predicted octanol–water partition coefficient (Wildman–Crippen LogP) is 1.10. The first-order chi connectivity index (χ1) is 8.93. The van der Waals surface area contributed by atoms with Crippen molar-refractivity contribution in [3.05, 3.63) is 23.8 Å². The summed E-state index contributed by atoms with van der Waals surface area (Å²) in [6.45, 7) is 4.72. The third-order valence-electron chi connectivity index (χ3n) is 3.11. The molecule has 1 aliphatic rings. The molecule has 2 unspecified atom stereocenters. The molecule has 0 bridgehead atoms. The Morgan fingerprint density at radius 1 is 1.63 bits per heavy atom. The van der Waals surface area contributed by atoms with Crippen molar-refractivity contribution < 1.29 is 24.5 Å². The minimum Gasteiger partial charge on any atom is -0.433 e. The lowest BCUT2D eigenvalue weighted by Gasteiger charge is -2.21. The van der Waals surface area contributed by atoms with Gasteiger partial charge in [0, 0.05) is 24.0 Å². The highest BCUT2D eigenvalue weighted by Gasteiger charge is 2.22. The van der Waals surface area contributed by atoms with Crippen LogP contribution in [0.5, 0.6) is 0 Å². The van der Waals surface area contributed by atoms with Gasteiger partial charge in [0.2, 0.25) is 6.29 Å². The van der Waals surface area contributed by atoms with Gasteiger partial charge < -0.3 is 14.9 Å². The zero-order chi connectivity index (χ0) is 14.4. The van der Waals surface area contributed by atoms with Crippen molar-refractivity contribution in [2.24, 2.45) is 5.92 Å². The maximum atomic E-state index is 11.6. The number of ether oxygens (including phenoxy) is 1. The molecular weight excluding hydrogens is 248 g/mol. The Hall–Kier alpha value is -1.46. The third kappa shape index (κ3) is 4.96. The molecule has 1 aliphatic carbocycles. The molecule has 1 rings (SSSR count). The van der Waals surface area contributed by atoms with Gasteiger partial charge in [-0.1, -0.05) is 12.7 Å². The molecule has 0 spiro atoms. The first kappa shape index (κ1) is 15.6. The Morgan fingerprint density at radius 3 is 2.84 bits per heavy atom. The van der Waals surface area contributed by atoms with Crippen LogP contribution in [0.4, 0.5) is 0 Å². The van der Waals surface area contributed by atoms with E-state index in [0.717, 1.165) is 0 Å². The van der Waals surface area contributed by atoms with E-state index in [1.165, 1.54) is 6.92 Å². The van der Waals surface area contributed by atoms with Gasteiger partial charge in [-0.25, -0.2) is 4.79 Å². The van der Waals surface area contributed by atoms with Crippen molar-refractivity contribution in [1.29, 1.82) is 0 Å². The van der Waals surface area contributed by atoms with Crippen molar-refractivity contribution in [2.75, 3.05) is 6.61 Å². The molecule has 0 radical (unpaired) electrons. The number of hydrogen-bond acceptors (Lipinski definition) is 5. The highest BCUT2D eigenvalue weighted by atomic mass is 16.6. The van der Waals surface area contributed by atoms with E-state index in [0.29, 0.717) is 31.3 Å². The summed E-state index contributed by atoms with van der Waals surface area (Å²) in [5.74, 6) is -0.539. The van der Waals surface area contributed by atoms with Crippen LogP contribution in [0.1, 0.15) is 32.6 Å². The molecular formula is C14H20O5. The Kier molecular flexibility index (Phi) is 5.92. The second-order valence-electron chi connectivity index (χ2n) is 4.83. The molecule has 0 aromatic carbocycles. The summed E-state index contributed by atoms with van der Waals surface area (Å²) in [6, 6.07) is 0. The minimum atomic E-state index is -1.16. The van der Waals surface area contributed by atoms with Gasteiger partial charge >= 0.3 is 5.97 Å². The second-order valence-corrected chi connectivity index (χ2v) is 4.83. The SMILES string of the molecule is C=C(C)C(=O)OC(O)CCC1CC=C(CO)C(=O)C1. The quantitative estimate of drug-likeness (QED) is 0.428. The third-order valence-corrected chi connectivity index (χ3v) is 3.11. The lowest BCUT2D eigenvalue weighted by molar-refractivity contribution is -0.164. The summed E-state index contributed by atoms with van der Waals surface area (Å²) in [4.78, 5) is 22.7. The summed E-state index contributed by atoms with van der Waals surface area (Å²) in [7, 11) is 0. The smallest absolute Gasteiger partial charge is 0.335 e. The maximum Gasteiger partial charge on any atom is 0.335 e. The van der Waals surface area contributed by atoms with Gasteiger partial charge in [0.25, 0.3) is 0 Å². The van der Waals surface area contributed by atoms with Gasteiger partial charge in [-0.15, -0.1) is 0 Å². The van der Waals surface area contributed by atoms with E-state index in [1.54, 1.807) is 6.08 Å². The van der Waals surface area contributed by atoms with Gasteiger partial charge in [0.15, 0.2) is 5.78 Å². The number of rotatable bonds is 6. The number of esters is 1. The average Bonchev–Trinajstić information content (AvgIpc) is 2.36. The first-order valence-corrected chi connectivity index (χ1v) is 6.31. The van der Waals surface area contributed by atoms with Crippen molar-refractivity contribution in [3.63, 3.8) is 0 Å². The average molecular weight is 268 g/mol. The standard InChI is InChI=1S/C14H20O5/c1-9(2)14(18)19-13(17)6-4-10-3-5-11(8-15)12(16)7-10/h5,10,13,15,17H,1,3-4,6-8H2,2H3. The Bertz CT molecular complexity index is 397. The van der Waals surface area contributed by atoms with Crippen LogP contribution in [0.2, 0.25) is 0 Å². The van der Waals surface area contributed by atoms with Crippen LogP contribution in [0.3, 0.4) is 0 Å². The molecule has 0 saturated heterocycles. The molecule has 106 valence electrons. The van der Waals surface area contributed by atoms with Crippen molar-refractivity contribution >= 4 is 11.8 Å². The lowest BCUT2D eigenvalue weighted by Crippen LogP contribution is -2.22. The molecule has 0 fully saturated rings. The molecule has 19 heavy (non-hydrogen) atoms. The van der Waals surface area contributed by atoms with E-state index < -0.39 is 12.3 Å². The van der Waals surface area contributed by atoms with E-state index in [-0.39, 0.29) is 23.9 Å². The summed E-state index contributed by atoms with van der Waals surface area (Å²) in [5.41, 5.74) is 0.702. The van der Waals surface area contributed by atoms with Gasteiger partial charge in [-0.05, 0) is 25.7 Å². The molecule has 2 atom stereocenters. The fraction of sp³-hybridized carbons (Fsp3) is 0.571. The van der Waals surface area contributed by atoms with Crippen LogP contribution in [-0.2, 0) is 14.3 Å². The summed E-state index contributed by atoms with van der Waals surface area (Å²) >= 11 is 0. The summed E-state index contributed by atoms with van der Waals surface area (Å²) in [5, 5.41) is 18.5.